The molecule has 1 fully saturated rings. The van der Waals surface area contributed by atoms with E-state index < -0.39 is 12.1 Å². The SMILES string of the molecule is COC(C)(C)C.O=C(O)N1Cc2cccc(Cl)c2C1.O=CN1CCCC(C(=O)O)C1. The maximum atomic E-state index is 10.7. The van der Waals surface area contributed by atoms with Gasteiger partial charge in [-0.15, -0.1) is 0 Å². The Bertz CT molecular complexity index is 735. The highest BCUT2D eigenvalue weighted by atomic mass is 35.5. The van der Waals surface area contributed by atoms with Crippen molar-refractivity contribution in [3.05, 3.63) is 34.3 Å². The number of benzene rings is 1. The molecule has 0 aromatic heterocycles. The minimum atomic E-state index is -0.896. The molecule has 0 bridgehead atoms. The standard InChI is InChI=1S/C9H8ClNO2.C7H11NO3.C5H12O/c10-8-3-1-2-6-4-11(9(12)13)5-7(6)8;9-5-8-3-1-2-6(4-8)7(10)11;1-5(2,3)6-4/h1-3H,4-5H2,(H,12,13);5-6H,1-4H2,(H,10,11);1-4H3. The van der Waals surface area contributed by atoms with Gasteiger partial charge in [-0.1, -0.05) is 23.7 Å². The summed E-state index contributed by atoms with van der Waals surface area (Å²) in [4.78, 5) is 34.3. The van der Waals surface area contributed by atoms with Gasteiger partial charge in [0.1, 0.15) is 0 Å². The van der Waals surface area contributed by atoms with E-state index >= 15 is 0 Å². The molecule has 3 rings (SSSR count). The van der Waals surface area contributed by atoms with Crippen molar-refractivity contribution >= 4 is 30.1 Å². The molecule has 1 atom stereocenters. The second kappa shape index (κ2) is 11.8. The first-order chi connectivity index (χ1) is 14.0. The highest BCUT2D eigenvalue weighted by molar-refractivity contribution is 6.31. The molecule has 0 saturated carbocycles. The normalized spacial score (nSPS) is 17.7. The lowest BCUT2D eigenvalue weighted by molar-refractivity contribution is -0.144. The summed E-state index contributed by atoms with van der Waals surface area (Å²) in [6.07, 6.45) is 1.32. The van der Waals surface area contributed by atoms with E-state index in [9.17, 15) is 14.4 Å². The molecule has 8 nitrogen and oxygen atoms in total. The highest BCUT2D eigenvalue weighted by Crippen LogP contribution is 2.28. The molecule has 9 heteroatoms. The van der Waals surface area contributed by atoms with Crippen LogP contribution in [0.2, 0.25) is 5.02 Å². The largest absolute Gasteiger partial charge is 0.481 e. The zero-order valence-corrected chi connectivity index (χ0v) is 18.7. The van der Waals surface area contributed by atoms with Crippen molar-refractivity contribution < 1.29 is 29.3 Å². The van der Waals surface area contributed by atoms with E-state index in [1.807, 2.05) is 32.9 Å². The van der Waals surface area contributed by atoms with Crippen molar-refractivity contribution in [3.63, 3.8) is 0 Å². The number of rotatable bonds is 2. The number of ether oxygens (including phenoxy) is 1. The van der Waals surface area contributed by atoms with Gasteiger partial charge in [-0.3, -0.25) is 14.5 Å². The van der Waals surface area contributed by atoms with Gasteiger partial charge in [-0.25, -0.2) is 4.79 Å². The van der Waals surface area contributed by atoms with E-state index in [2.05, 4.69) is 0 Å². The molecule has 168 valence electrons. The number of nitrogens with zero attached hydrogens (tertiary/aromatic N) is 2. The molecule has 1 unspecified atom stereocenters. The summed E-state index contributed by atoms with van der Waals surface area (Å²) in [6, 6.07) is 5.53. The zero-order chi connectivity index (χ0) is 22.9. The topological polar surface area (TPSA) is 107 Å². The number of carboxylic acid groups (broad SMARTS) is 2. The fourth-order valence-corrected chi connectivity index (χ4v) is 3.07. The van der Waals surface area contributed by atoms with Gasteiger partial charge in [0.15, 0.2) is 0 Å². The van der Waals surface area contributed by atoms with E-state index in [0.29, 0.717) is 37.6 Å². The number of halogens is 1. The van der Waals surface area contributed by atoms with E-state index in [-0.39, 0.29) is 11.5 Å². The molecular formula is C21H31ClN2O6. The summed E-state index contributed by atoms with van der Waals surface area (Å²) in [5.41, 5.74) is 1.99. The number of aliphatic carboxylic acids is 1. The summed E-state index contributed by atoms with van der Waals surface area (Å²) in [6.45, 7) is 7.99. The molecule has 0 aliphatic carbocycles. The van der Waals surface area contributed by atoms with Crippen molar-refractivity contribution in [2.45, 2.75) is 52.3 Å². The van der Waals surface area contributed by atoms with Crippen LogP contribution in [0.3, 0.4) is 0 Å². The van der Waals surface area contributed by atoms with Gasteiger partial charge in [0, 0.05) is 31.8 Å². The van der Waals surface area contributed by atoms with Gasteiger partial charge in [-0.05, 0) is 50.8 Å². The molecular weight excluding hydrogens is 412 g/mol. The molecule has 1 aromatic rings. The Hall–Kier alpha value is -2.32. The number of hydrogen-bond acceptors (Lipinski definition) is 4. The van der Waals surface area contributed by atoms with Gasteiger partial charge < -0.3 is 19.8 Å². The molecule has 2 aliphatic heterocycles. The molecule has 30 heavy (non-hydrogen) atoms. The third-order valence-electron chi connectivity index (χ3n) is 4.76. The fraction of sp³-hybridized carbons (Fsp3) is 0.571. The summed E-state index contributed by atoms with van der Waals surface area (Å²) in [5.74, 6) is -1.15. The zero-order valence-electron chi connectivity index (χ0n) is 17.9. The predicted octanol–water partition coefficient (Wildman–Crippen LogP) is 3.70. The highest BCUT2D eigenvalue weighted by Gasteiger charge is 2.24. The number of carboxylic acids is 1. The first kappa shape index (κ1) is 25.7. The van der Waals surface area contributed by atoms with Gasteiger partial charge in [-0.2, -0.15) is 0 Å². The van der Waals surface area contributed by atoms with Crippen LogP contribution in [0, 0.1) is 5.92 Å². The lowest BCUT2D eigenvalue weighted by Crippen LogP contribution is -2.37. The average Bonchev–Trinajstić information content (AvgIpc) is 3.15. The van der Waals surface area contributed by atoms with E-state index in [1.54, 1.807) is 13.2 Å². The lowest BCUT2D eigenvalue weighted by Gasteiger charge is -2.26. The van der Waals surface area contributed by atoms with Crippen LogP contribution >= 0.6 is 11.6 Å². The van der Waals surface area contributed by atoms with Crippen LogP contribution in [0.15, 0.2) is 18.2 Å². The number of likely N-dealkylation sites (tertiary alicyclic amines) is 1. The minimum Gasteiger partial charge on any atom is -0.481 e. The Morgan fingerprint density at radius 2 is 1.87 bits per heavy atom. The van der Waals surface area contributed by atoms with Crippen LogP contribution in [0.5, 0.6) is 0 Å². The third kappa shape index (κ3) is 8.59. The predicted molar refractivity (Wildman–Crippen MR) is 113 cm³/mol. The molecule has 2 amide bonds. The second-order valence-electron chi connectivity index (χ2n) is 8.11. The fourth-order valence-electron chi connectivity index (χ4n) is 2.82. The number of carbonyl (C=O) groups is 3. The average molecular weight is 443 g/mol. The Morgan fingerprint density at radius 3 is 2.33 bits per heavy atom. The summed E-state index contributed by atoms with van der Waals surface area (Å²) in [7, 11) is 1.71. The van der Waals surface area contributed by atoms with Crippen LogP contribution < -0.4 is 0 Å². The van der Waals surface area contributed by atoms with Crippen molar-refractivity contribution in [1.29, 1.82) is 0 Å². The van der Waals surface area contributed by atoms with Crippen LogP contribution in [0.25, 0.3) is 0 Å². The maximum absolute atomic E-state index is 10.7. The minimum absolute atomic E-state index is 0.0417. The molecule has 2 N–H and O–H groups in total. The number of carbonyl (C=O) groups excluding carboxylic acids is 1. The van der Waals surface area contributed by atoms with Crippen molar-refractivity contribution in [2.24, 2.45) is 5.92 Å². The third-order valence-corrected chi connectivity index (χ3v) is 5.11. The Kier molecular flexibility index (Phi) is 10.1. The van der Waals surface area contributed by atoms with E-state index in [1.165, 1.54) is 9.80 Å². The summed E-state index contributed by atoms with van der Waals surface area (Å²) >= 11 is 5.92. The van der Waals surface area contributed by atoms with Gasteiger partial charge in [0.2, 0.25) is 6.41 Å². The maximum Gasteiger partial charge on any atom is 0.407 e. The number of fused-ring (bicyclic) bond motifs is 1. The first-order valence-corrected chi connectivity index (χ1v) is 10.1. The van der Waals surface area contributed by atoms with E-state index in [4.69, 9.17) is 26.6 Å². The van der Waals surface area contributed by atoms with Crippen molar-refractivity contribution in [3.8, 4) is 0 Å². The Balaban J connectivity index is 0.000000242. The first-order valence-electron chi connectivity index (χ1n) is 9.70. The van der Waals surface area contributed by atoms with Crippen molar-refractivity contribution in [1.82, 2.24) is 9.80 Å². The monoisotopic (exact) mass is 442 g/mol. The van der Waals surface area contributed by atoms with Crippen LogP contribution in [0.1, 0.15) is 44.7 Å². The number of amides is 2. The number of piperidine rings is 1. The molecule has 2 heterocycles. The van der Waals surface area contributed by atoms with Crippen LogP contribution in [-0.4, -0.2) is 64.3 Å². The van der Waals surface area contributed by atoms with Crippen LogP contribution in [0.4, 0.5) is 4.79 Å². The molecule has 2 aliphatic rings. The summed E-state index contributed by atoms with van der Waals surface area (Å²) < 4.78 is 4.94. The Labute approximate surface area is 182 Å². The van der Waals surface area contributed by atoms with Gasteiger partial charge >= 0.3 is 12.1 Å². The number of hydrogen-bond donors (Lipinski definition) is 2. The van der Waals surface area contributed by atoms with E-state index in [0.717, 1.165) is 24.0 Å². The van der Waals surface area contributed by atoms with Gasteiger partial charge in [0.05, 0.1) is 18.1 Å². The second-order valence-corrected chi connectivity index (χ2v) is 8.52. The van der Waals surface area contributed by atoms with Crippen LogP contribution in [-0.2, 0) is 27.4 Å². The van der Waals surface area contributed by atoms with Crippen molar-refractivity contribution in [2.75, 3.05) is 20.2 Å². The molecule has 0 radical (unpaired) electrons. The quantitative estimate of drug-likeness (QED) is 0.676. The Morgan fingerprint density at radius 1 is 1.23 bits per heavy atom. The number of methoxy groups -OCH3 is 1. The van der Waals surface area contributed by atoms with Gasteiger partial charge in [0.25, 0.3) is 0 Å². The lowest BCUT2D eigenvalue weighted by atomic mass is 9.99. The molecule has 1 saturated heterocycles. The summed E-state index contributed by atoms with van der Waals surface area (Å²) in [5, 5.41) is 18.0. The molecule has 0 spiro atoms. The molecule has 1 aromatic carbocycles. The smallest absolute Gasteiger partial charge is 0.407 e.